The number of rotatable bonds is 2. The summed E-state index contributed by atoms with van der Waals surface area (Å²) in [6.07, 6.45) is -0.486. The Morgan fingerprint density at radius 2 is 2.18 bits per heavy atom. The molecule has 1 fully saturated rings. The van der Waals surface area contributed by atoms with Gasteiger partial charge in [-0.1, -0.05) is 22.0 Å². The van der Waals surface area contributed by atoms with Crippen molar-refractivity contribution in [3.63, 3.8) is 0 Å². The van der Waals surface area contributed by atoms with E-state index >= 15 is 0 Å². The number of halogens is 2. The van der Waals surface area contributed by atoms with Crippen molar-refractivity contribution in [2.75, 3.05) is 13.7 Å². The lowest BCUT2D eigenvalue weighted by Crippen LogP contribution is -2.55. The van der Waals surface area contributed by atoms with Gasteiger partial charge in [-0.3, -0.25) is 0 Å². The molecule has 0 aromatic heterocycles. The van der Waals surface area contributed by atoms with Gasteiger partial charge >= 0.3 is 16.3 Å². The number of carbonyl (C=O) groups is 1. The molecule has 1 heterocycles. The van der Waals surface area contributed by atoms with E-state index in [0.29, 0.717) is 15.2 Å². The Hall–Kier alpha value is -1.19. The van der Waals surface area contributed by atoms with E-state index in [0.717, 1.165) is 11.4 Å². The maximum Gasteiger partial charge on any atom is 0.424 e. The molecule has 0 aliphatic carbocycles. The Balaban J connectivity index is 2.33. The van der Waals surface area contributed by atoms with Gasteiger partial charge in [-0.05, 0) is 25.5 Å². The molecule has 0 radical (unpaired) electrons. The van der Waals surface area contributed by atoms with E-state index in [4.69, 9.17) is 0 Å². The number of hydrogen-bond donors (Lipinski definition) is 0. The molecule has 2 rings (SSSR count). The zero-order valence-corrected chi connectivity index (χ0v) is 14.5. The fourth-order valence-electron chi connectivity index (χ4n) is 2.26. The summed E-state index contributed by atoms with van der Waals surface area (Å²) < 4.78 is 45.9. The highest BCUT2D eigenvalue weighted by molar-refractivity contribution is 9.10. The average molecular weight is 395 g/mol. The number of ether oxygens (including phenoxy) is 1. The molecule has 122 valence electrons. The third-order valence-corrected chi connectivity index (χ3v) is 6.00. The Morgan fingerprint density at radius 3 is 2.77 bits per heavy atom. The van der Waals surface area contributed by atoms with Crippen LogP contribution in [-0.4, -0.2) is 42.8 Å². The Bertz CT molecular complexity index is 683. The maximum atomic E-state index is 13.9. The van der Waals surface area contributed by atoms with Crippen molar-refractivity contribution in [2.24, 2.45) is 0 Å². The van der Waals surface area contributed by atoms with Gasteiger partial charge in [0.1, 0.15) is 5.82 Å². The second-order valence-electron chi connectivity index (χ2n) is 4.97. The average Bonchev–Trinajstić information content (AvgIpc) is 2.44. The van der Waals surface area contributed by atoms with Crippen LogP contribution in [0.4, 0.5) is 9.18 Å². The molecule has 1 amide bonds. The van der Waals surface area contributed by atoms with E-state index < -0.39 is 22.1 Å². The summed E-state index contributed by atoms with van der Waals surface area (Å²) in [6, 6.07) is 4.08. The molecule has 0 spiro atoms. The molecule has 1 aliphatic heterocycles. The third-order valence-electron chi connectivity index (χ3n) is 3.54. The molecule has 1 atom stereocenters. The molecule has 22 heavy (non-hydrogen) atoms. The van der Waals surface area contributed by atoms with E-state index in [2.05, 4.69) is 20.7 Å². The van der Waals surface area contributed by atoms with Crippen molar-refractivity contribution >= 4 is 32.2 Å². The van der Waals surface area contributed by atoms with Gasteiger partial charge in [-0.2, -0.15) is 17.0 Å². The van der Waals surface area contributed by atoms with E-state index in [1.165, 1.54) is 12.1 Å². The first kappa shape index (κ1) is 17.2. The molecule has 0 bridgehead atoms. The largest absolute Gasteiger partial charge is 0.452 e. The van der Waals surface area contributed by atoms with Crippen LogP contribution < -0.4 is 0 Å². The van der Waals surface area contributed by atoms with Crippen LogP contribution in [0.5, 0.6) is 0 Å². The number of amides is 1. The number of carbonyl (C=O) groups excluding carboxylic acids is 1. The molecule has 0 unspecified atom stereocenters. The molecular formula is C13H16BrFN2O4S. The van der Waals surface area contributed by atoms with Crippen molar-refractivity contribution in [2.45, 2.75) is 25.9 Å². The van der Waals surface area contributed by atoms with Gasteiger partial charge in [0, 0.05) is 29.2 Å². The molecule has 6 nitrogen and oxygen atoms in total. The Labute approximate surface area is 137 Å². The van der Waals surface area contributed by atoms with Crippen LogP contribution >= 0.6 is 15.9 Å². The van der Waals surface area contributed by atoms with Crippen LogP contribution in [0, 0.1) is 5.82 Å². The normalized spacial score (nSPS) is 21.6. The lowest BCUT2D eigenvalue weighted by molar-refractivity contribution is 0.135. The molecule has 0 saturated carbocycles. The smallest absolute Gasteiger partial charge is 0.424 e. The Morgan fingerprint density at radius 1 is 1.50 bits per heavy atom. The van der Waals surface area contributed by atoms with E-state index in [9.17, 15) is 17.6 Å². The molecule has 1 aromatic carbocycles. The van der Waals surface area contributed by atoms with Crippen molar-refractivity contribution in [3.8, 4) is 0 Å². The standard InChI is InChI=1S/C13H16BrFN2O4S/c1-9-5-6-16(13(18)21-2)22(19,20)17(9)8-10-3-4-11(14)7-12(10)15/h3-4,7,9H,5-6,8H2,1-2H3/t9-/m1/s1. The third kappa shape index (κ3) is 3.26. The lowest BCUT2D eigenvalue weighted by Gasteiger charge is -2.38. The van der Waals surface area contributed by atoms with Crippen LogP contribution in [0.3, 0.4) is 0 Å². The predicted molar refractivity (Wildman–Crippen MR) is 81.8 cm³/mol. The molecule has 1 aromatic rings. The molecule has 9 heteroatoms. The first-order valence-corrected chi connectivity index (χ1v) is 8.77. The minimum absolute atomic E-state index is 0.0511. The first-order chi connectivity index (χ1) is 10.3. The summed E-state index contributed by atoms with van der Waals surface area (Å²) in [5.41, 5.74) is 0.241. The molecular weight excluding hydrogens is 379 g/mol. The number of benzene rings is 1. The van der Waals surface area contributed by atoms with Gasteiger partial charge in [-0.25, -0.2) is 9.18 Å². The highest BCUT2D eigenvalue weighted by Crippen LogP contribution is 2.26. The topological polar surface area (TPSA) is 66.9 Å². The molecule has 1 aliphatic rings. The number of hydrogen-bond acceptors (Lipinski definition) is 4. The summed E-state index contributed by atoms with van der Waals surface area (Å²) in [7, 11) is -2.92. The fraction of sp³-hybridized carbons (Fsp3) is 0.462. The number of nitrogens with zero attached hydrogens (tertiary/aromatic N) is 2. The zero-order chi connectivity index (χ0) is 16.5. The zero-order valence-electron chi connectivity index (χ0n) is 12.1. The lowest BCUT2D eigenvalue weighted by atomic mass is 10.2. The van der Waals surface area contributed by atoms with Crippen LogP contribution in [0.25, 0.3) is 0 Å². The summed E-state index contributed by atoms with van der Waals surface area (Å²) in [5.74, 6) is -0.507. The summed E-state index contributed by atoms with van der Waals surface area (Å²) in [6.45, 7) is 1.63. The van der Waals surface area contributed by atoms with Crippen LogP contribution in [-0.2, 0) is 21.5 Å². The fourth-order valence-corrected chi connectivity index (χ4v) is 4.31. The van der Waals surface area contributed by atoms with Crippen LogP contribution in [0.15, 0.2) is 22.7 Å². The number of methoxy groups -OCH3 is 1. The maximum absolute atomic E-state index is 13.9. The van der Waals surface area contributed by atoms with E-state index in [1.54, 1.807) is 13.0 Å². The van der Waals surface area contributed by atoms with E-state index in [-0.39, 0.29) is 24.7 Å². The van der Waals surface area contributed by atoms with Gasteiger partial charge in [0.2, 0.25) is 0 Å². The summed E-state index contributed by atoms with van der Waals surface area (Å²) >= 11 is 3.15. The highest BCUT2D eigenvalue weighted by Gasteiger charge is 2.41. The monoisotopic (exact) mass is 394 g/mol. The quantitative estimate of drug-likeness (QED) is 0.772. The van der Waals surface area contributed by atoms with Gasteiger partial charge < -0.3 is 4.74 Å². The van der Waals surface area contributed by atoms with Crippen molar-refractivity contribution < 1.29 is 22.3 Å². The van der Waals surface area contributed by atoms with Gasteiger partial charge in [0.25, 0.3) is 0 Å². The highest BCUT2D eigenvalue weighted by atomic mass is 79.9. The van der Waals surface area contributed by atoms with Crippen molar-refractivity contribution in [1.29, 1.82) is 0 Å². The molecule has 1 saturated heterocycles. The van der Waals surface area contributed by atoms with Crippen LogP contribution in [0.2, 0.25) is 0 Å². The summed E-state index contributed by atoms with van der Waals surface area (Å²) in [5, 5.41) is 0. The summed E-state index contributed by atoms with van der Waals surface area (Å²) in [4.78, 5) is 11.6. The van der Waals surface area contributed by atoms with Crippen LogP contribution in [0.1, 0.15) is 18.9 Å². The minimum atomic E-state index is -4.04. The molecule has 0 N–H and O–H groups in total. The van der Waals surface area contributed by atoms with Gasteiger partial charge in [-0.15, -0.1) is 0 Å². The Kier molecular flexibility index (Phi) is 5.08. The van der Waals surface area contributed by atoms with Crippen molar-refractivity contribution in [3.05, 3.63) is 34.1 Å². The second kappa shape index (κ2) is 6.51. The minimum Gasteiger partial charge on any atom is -0.452 e. The van der Waals surface area contributed by atoms with Crippen molar-refractivity contribution in [1.82, 2.24) is 8.61 Å². The predicted octanol–water partition coefficient (Wildman–Crippen LogP) is 2.50. The van der Waals surface area contributed by atoms with E-state index in [1.807, 2.05) is 0 Å². The first-order valence-electron chi connectivity index (χ1n) is 6.58. The second-order valence-corrected chi connectivity index (χ2v) is 7.69. The SMILES string of the molecule is COC(=O)N1CC[C@@H](C)N(Cc2ccc(Br)cc2F)S1(=O)=O. The van der Waals surface area contributed by atoms with Gasteiger partial charge in [0.05, 0.1) is 7.11 Å². The van der Waals surface area contributed by atoms with Gasteiger partial charge in [0.15, 0.2) is 0 Å².